The SMILES string of the molecule is CC(C)(C)[Si](C)(C)OCC[C@@H](NC(=O)C(c1ccccc1)(c1ccccc1)c1ccccc1)C(=O)O. The van der Waals surface area contributed by atoms with Crippen LogP contribution in [-0.2, 0) is 19.4 Å². The highest BCUT2D eigenvalue weighted by Gasteiger charge is 2.45. The van der Waals surface area contributed by atoms with Gasteiger partial charge in [0, 0.05) is 13.0 Å². The largest absolute Gasteiger partial charge is 0.480 e. The second-order valence-corrected chi connectivity index (χ2v) is 15.4. The first-order valence-corrected chi connectivity index (χ1v) is 15.3. The van der Waals surface area contributed by atoms with E-state index < -0.39 is 25.7 Å². The predicted molar refractivity (Wildman–Crippen MR) is 147 cm³/mol. The summed E-state index contributed by atoms with van der Waals surface area (Å²) >= 11 is 0. The van der Waals surface area contributed by atoms with Crippen molar-refractivity contribution in [2.75, 3.05) is 6.61 Å². The van der Waals surface area contributed by atoms with Gasteiger partial charge in [-0.3, -0.25) is 4.79 Å². The molecule has 36 heavy (non-hydrogen) atoms. The van der Waals surface area contributed by atoms with Gasteiger partial charge in [-0.25, -0.2) is 4.79 Å². The van der Waals surface area contributed by atoms with Crippen LogP contribution >= 0.6 is 0 Å². The lowest BCUT2D eigenvalue weighted by molar-refractivity contribution is -0.142. The van der Waals surface area contributed by atoms with E-state index in [1.807, 2.05) is 91.0 Å². The fourth-order valence-corrected chi connectivity index (χ4v) is 5.19. The van der Waals surface area contributed by atoms with Gasteiger partial charge in [0.1, 0.15) is 11.5 Å². The molecule has 0 bridgehead atoms. The molecule has 0 heterocycles. The Kier molecular flexibility index (Phi) is 8.53. The van der Waals surface area contributed by atoms with E-state index in [9.17, 15) is 14.7 Å². The minimum atomic E-state index is -2.05. The maximum absolute atomic E-state index is 14.3. The first-order chi connectivity index (χ1) is 17.0. The number of amides is 1. The van der Waals surface area contributed by atoms with Crippen LogP contribution in [0.3, 0.4) is 0 Å². The van der Waals surface area contributed by atoms with Crippen molar-refractivity contribution in [3.8, 4) is 0 Å². The molecule has 0 aliphatic rings. The van der Waals surface area contributed by atoms with Gasteiger partial charge in [0.15, 0.2) is 8.32 Å². The number of carbonyl (C=O) groups is 2. The molecule has 0 radical (unpaired) electrons. The van der Waals surface area contributed by atoms with E-state index in [2.05, 4.69) is 39.2 Å². The lowest BCUT2D eigenvalue weighted by atomic mass is 9.68. The highest BCUT2D eigenvalue weighted by molar-refractivity contribution is 6.74. The molecule has 3 rings (SSSR count). The lowest BCUT2D eigenvalue weighted by Gasteiger charge is -2.37. The highest BCUT2D eigenvalue weighted by atomic mass is 28.4. The Morgan fingerprint density at radius 1 is 0.806 bits per heavy atom. The van der Waals surface area contributed by atoms with Crippen LogP contribution in [0.2, 0.25) is 18.1 Å². The van der Waals surface area contributed by atoms with Crippen molar-refractivity contribution in [2.24, 2.45) is 0 Å². The molecule has 6 heteroatoms. The summed E-state index contributed by atoms with van der Waals surface area (Å²) in [4.78, 5) is 26.6. The number of benzene rings is 3. The molecule has 0 fully saturated rings. The number of rotatable bonds is 10. The minimum absolute atomic E-state index is 0.0120. The van der Waals surface area contributed by atoms with Crippen molar-refractivity contribution in [3.05, 3.63) is 108 Å². The molecule has 3 aromatic carbocycles. The fourth-order valence-electron chi connectivity index (χ4n) is 4.13. The Labute approximate surface area is 215 Å². The summed E-state index contributed by atoms with van der Waals surface area (Å²) < 4.78 is 6.22. The van der Waals surface area contributed by atoms with E-state index in [1.54, 1.807) is 0 Å². The zero-order chi connectivity index (χ0) is 26.4. The minimum Gasteiger partial charge on any atom is -0.480 e. The van der Waals surface area contributed by atoms with Crippen LogP contribution in [0.25, 0.3) is 0 Å². The van der Waals surface area contributed by atoms with Gasteiger partial charge >= 0.3 is 5.97 Å². The normalized spacial score (nSPS) is 13.1. The van der Waals surface area contributed by atoms with Crippen molar-refractivity contribution in [1.82, 2.24) is 5.32 Å². The monoisotopic (exact) mass is 503 g/mol. The predicted octanol–water partition coefficient (Wildman–Crippen LogP) is 6.00. The maximum Gasteiger partial charge on any atom is 0.326 e. The van der Waals surface area contributed by atoms with E-state index in [4.69, 9.17) is 4.43 Å². The smallest absolute Gasteiger partial charge is 0.326 e. The van der Waals surface area contributed by atoms with Crippen molar-refractivity contribution in [2.45, 2.75) is 56.8 Å². The quantitative estimate of drug-likeness (QED) is 0.263. The molecule has 5 nitrogen and oxygen atoms in total. The van der Waals surface area contributed by atoms with Crippen LogP contribution in [0.5, 0.6) is 0 Å². The molecule has 190 valence electrons. The van der Waals surface area contributed by atoms with Gasteiger partial charge in [-0.2, -0.15) is 0 Å². The zero-order valence-corrected chi connectivity index (χ0v) is 22.8. The van der Waals surface area contributed by atoms with E-state index in [1.165, 1.54) is 0 Å². The molecular weight excluding hydrogens is 466 g/mol. The first kappa shape index (κ1) is 27.4. The molecule has 0 aliphatic heterocycles. The van der Waals surface area contributed by atoms with Crippen molar-refractivity contribution < 1.29 is 19.1 Å². The number of carboxylic acid groups (broad SMARTS) is 1. The van der Waals surface area contributed by atoms with Gasteiger partial charge in [0.05, 0.1) is 0 Å². The number of hydrogen-bond acceptors (Lipinski definition) is 3. The molecule has 2 N–H and O–H groups in total. The van der Waals surface area contributed by atoms with Crippen molar-refractivity contribution in [3.63, 3.8) is 0 Å². The van der Waals surface area contributed by atoms with E-state index in [-0.39, 0.29) is 24.0 Å². The third-order valence-electron chi connectivity index (χ3n) is 7.24. The fraction of sp³-hybridized carbons (Fsp3) is 0.333. The summed E-state index contributed by atoms with van der Waals surface area (Å²) in [6.07, 6.45) is 0.183. The molecule has 0 aliphatic carbocycles. The van der Waals surface area contributed by atoms with Crippen molar-refractivity contribution in [1.29, 1.82) is 0 Å². The van der Waals surface area contributed by atoms with Gasteiger partial charge in [-0.05, 0) is 34.8 Å². The summed E-state index contributed by atoms with van der Waals surface area (Å²) in [5.74, 6) is -1.46. The van der Waals surface area contributed by atoms with E-state index in [0.717, 1.165) is 16.7 Å². The van der Waals surface area contributed by atoms with Crippen LogP contribution in [-0.4, -0.2) is 37.9 Å². The second-order valence-electron chi connectivity index (χ2n) is 10.6. The van der Waals surface area contributed by atoms with Crippen LogP contribution in [0.15, 0.2) is 91.0 Å². The summed E-state index contributed by atoms with van der Waals surface area (Å²) in [7, 11) is -2.05. The average Bonchev–Trinajstić information content (AvgIpc) is 2.85. The Morgan fingerprint density at radius 3 is 1.53 bits per heavy atom. The Balaban J connectivity index is 2.02. The van der Waals surface area contributed by atoms with Crippen LogP contribution < -0.4 is 5.32 Å². The van der Waals surface area contributed by atoms with Crippen LogP contribution in [0.1, 0.15) is 43.9 Å². The lowest BCUT2D eigenvalue weighted by Crippen LogP contribution is -2.52. The number of aliphatic carboxylic acids is 1. The Morgan fingerprint density at radius 2 is 1.19 bits per heavy atom. The number of carbonyl (C=O) groups excluding carboxylic acids is 1. The number of carboxylic acids is 1. The topological polar surface area (TPSA) is 75.6 Å². The molecule has 1 amide bonds. The average molecular weight is 504 g/mol. The van der Waals surface area contributed by atoms with Crippen LogP contribution in [0.4, 0.5) is 0 Å². The summed E-state index contributed by atoms with van der Waals surface area (Å²) in [6.45, 7) is 11.0. The van der Waals surface area contributed by atoms with E-state index >= 15 is 0 Å². The van der Waals surface area contributed by atoms with Gasteiger partial charge in [0.25, 0.3) is 0 Å². The molecule has 1 atom stereocenters. The Bertz CT molecular complexity index is 1050. The highest BCUT2D eigenvalue weighted by Crippen LogP contribution is 2.40. The van der Waals surface area contributed by atoms with Gasteiger partial charge in [-0.1, -0.05) is 112 Å². The zero-order valence-electron chi connectivity index (χ0n) is 21.8. The summed E-state index contributed by atoms with van der Waals surface area (Å²) in [5.41, 5.74) is 1.07. The van der Waals surface area contributed by atoms with Gasteiger partial charge in [-0.15, -0.1) is 0 Å². The number of hydrogen-bond donors (Lipinski definition) is 2. The molecule has 0 unspecified atom stereocenters. The molecule has 3 aromatic rings. The molecule has 0 spiro atoms. The van der Waals surface area contributed by atoms with Crippen molar-refractivity contribution >= 4 is 20.2 Å². The summed E-state index contributed by atoms with van der Waals surface area (Å²) in [6, 6.07) is 27.5. The molecule has 0 aromatic heterocycles. The second kappa shape index (κ2) is 11.2. The summed E-state index contributed by atoms with van der Waals surface area (Å²) in [5, 5.41) is 12.9. The Hall–Kier alpha value is -3.22. The number of nitrogens with one attached hydrogen (secondary N) is 1. The van der Waals surface area contributed by atoms with Crippen LogP contribution in [0, 0.1) is 0 Å². The third kappa shape index (κ3) is 5.77. The molecule has 0 saturated carbocycles. The maximum atomic E-state index is 14.3. The third-order valence-corrected chi connectivity index (χ3v) is 11.8. The molecular formula is C30H37NO4Si. The molecule has 0 saturated heterocycles. The van der Waals surface area contributed by atoms with E-state index in [0.29, 0.717) is 0 Å². The van der Waals surface area contributed by atoms with Gasteiger partial charge < -0.3 is 14.8 Å². The standard InChI is InChI=1S/C30H37NO4Si/c1-29(2,3)36(4,5)35-22-21-26(27(32)33)31-28(34)30(23-15-9-6-10-16-23,24-17-11-7-12-18-24)25-19-13-8-14-20-25/h6-20,26H,21-22H2,1-5H3,(H,31,34)(H,32,33)/t26-/m1/s1. The first-order valence-electron chi connectivity index (χ1n) is 12.3. The van der Waals surface area contributed by atoms with Gasteiger partial charge in [0.2, 0.25) is 5.91 Å².